The molecule has 1 aliphatic rings. The van der Waals surface area contributed by atoms with Crippen LogP contribution < -0.4 is 5.32 Å². The zero-order chi connectivity index (χ0) is 13.1. The lowest BCUT2D eigenvalue weighted by Gasteiger charge is -2.35. The summed E-state index contributed by atoms with van der Waals surface area (Å²) >= 11 is 0. The fourth-order valence-corrected chi connectivity index (χ4v) is 2.47. The quantitative estimate of drug-likeness (QED) is 0.848. The highest BCUT2D eigenvalue weighted by Crippen LogP contribution is 2.16. The second-order valence-corrected chi connectivity index (χ2v) is 5.12. The number of carboxylic acids is 1. The Morgan fingerprint density at radius 1 is 1.67 bits per heavy atom. The van der Waals surface area contributed by atoms with Crippen LogP contribution in [0.2, 0.25) is 0 Å². The fraction of sp³-hybridized carbons (Fsp3) is 0.615. The van der Waals surface area contributed by atoms with Gasteiger partial charge in [0.15, 0.2) is 0 Å². The van der Waals surface area contributed by atoms with Crippen LogP contribution in [0.25, 0.3) is 0 Å². The number of aromatic carboxylic acids is 1. The zero-order valence-corrected chi connectivity index (χ0v) is 10.8. The van der Waals surface area contributed by atoms with Crippen molar-refractivity contribution in [2.24, 2.45) is 5.92 Å². The normalized spacial score (nSPS) is 25.2. The summed E-state index contributed by atoms with van der Waals surface area (Å²) in [4.78, 5) is 13.1. The Hall–Kier alpha value is -1.33. The molecular weight excluding hydrogens is 232 g/mol. The summed E-state index contributed by atoms with van der Waals surface area (Å²) in [5.74, 6) is 0.328. The van der Waals surface area contributed by atoms with Crippen molar-refractivity contribution >= 4 is 5.97 Å². The Bertz CT molecular complexity index is 416. The molecule has 1 fully saturated rings. The fourth-order valence-electron chi connectivity index (χ4n) is 2.47. The van der Waals surface area contributed by atoms with Gasteiger partial charge in [-0.25, -0.2) is 4.79 Å². The van der Waals surface area contributed by atoms with E-state index in [1.165, 1.54) is 6.26 Å². The molecule has 0 aromatic carbocycles. The third-order valence-corrected chi connectivity index (χ3v) is 3.55. The molecule has 18 heavy (non-hydrogen) atoms. The molecule has 0 amide bonds. The minimum Gasteiger partial charge on any atom is -0.478 e. The van der Waals surface area contributed by atoms with E-state index in [1.807, 2.05) is 0 Å². The second-order valence-electron chi connectivity index (χ2n) is 5.12. The molecule has 0 aliphatic carbocycles. The molecule has 0 spiro atoms. The van der Waals surface area contributed by atoms with Crippen molar-refractivity contribution in [1.82, 2.24) is 10.2 Å². The molecular formula is C13H20N2O3. The average Bonchev–Trinajstić information content (AvgIpc) is 2.76. The van der Waals surface area contributed by atoms with Crippen molar-refractivity contribution < 1.29 is 14.3 Å². The summed E-state index contributed by atoms with van der Waals surface area (Å²) in [6.45, 7) is 5.01. The predicted octanol–water partition coefficient (Wildman–Crippen LogP) is 1.41. The first-order chi connectivity index (χ1) is 8.56. The first-order valence-corrected chi connectivity index (χ1v) is 6.29. The standard InChI is InChI=1S/C13H20N2O3/c1-9-7-15(2)4-3-12(9)14-6-11-5-10(8-18-11)13(16)17/h5,8-9,12,14H,3-4,6-7H2,1-2H3,(H,16,17). The van der Waals surface area contributed by atoms with Crippen LogP contribution in [0, 0.1) is 5.92 Å². The summed E-state index contributed by atoms with van der Waals surface area (Å²) in [6.07, 6.45) is 2.40. The molecule has 0 radical (unpaired) electrons. The molecule has 1 aromatic rings. The monoisotopic (exact) mass is 252 g/mol. The van der Waals surface area contributed by atoms with E-state index < -0.39 is 5.97 Å². The molecule has 100 valence electrons. The minimum absolute atomic E-state index is 0.211. The van der Waals surface area contributed by atoms with Gasteiger partial charge in [-0.05, 0) is 32.0 Å². The summed E-state index contributed by atoms with van der Waals surface area (Å²) < 4.78 is 5.22. The minimum atomic E-state index is -0.947. The van der Waals surface area contributed by atoms with Gasteiger partial charge in [0.2, 0.25) is 0 Å². The molecule has 2 N–H and O–H groups in total. The third-order valence-electron chi connectivity index (χ3n) is 3.55. The molecule has 5 heteroatoms. The zero-order valence-electron chi connectivity index (χ0n) is 10.8. The van der Waals surface area contributed by atoms with E-state index in [0.29, 0.717) is 24.3 Å². The molecule has 5 nitrogen and oxygen atoms in total. The maximum Gasteiger partial charge on any atom is 0.338 e. The van der Waals surface area contributed by atoms with Gasteiger partial charge >= 0.3 is 5.97 Å². The van der Waals surface area contributed by atoms with E-state index in [9.17, 15) is 4.79 Å². The van der Waals surface area contributed by atoms with Gasteiger partial charge in [0, 0.05) is 12.6 Å². The molecule has 0 bridgehead atoms. The van der Waals surface area contributed by atoms with E-state index in [4.69, 9.17) is 9.52 Å². The Morgan fingerprint density at radius 3 is 3.06 bits per heavy atom. The molecule has 2 unspecified atom stereocenters. The molecule has 1 aromatic heterocycles. The van der Waals surface area contributed by atoms with Gasteiger partial charge in [0.05, 0.1) is 12.1 Å². The van der Waals surface area contributed by atoms with E-state index >= 15 is 0 Å². The van der Waals surface area contributed by atoms with Gasteiger partial charge in [0.1, 0.15) is 12.0 Å². The highest BCUT2D eigenvalue weighted by Gasteiger charge is 2.23. The highest BCUT2D eigenvalue weighted by atomic mass is 16.4. The topological polar surface area (TPSA) is 65.7 Å². The van der Waals surface area contributed by atoms with Gasteiger partial charge in [0.25, 0.3) is 0 Å². The number of carbonyl (C=O) groups is 1. The molecule has 1 aliphatic heterocycles. The van der Waals surface area contributed by atoms with Gasteiger partial charge in [-0.1, -0.05) is 6.92 Å². The van der Waals surface area contributed by atoms with Crippen LogP contribution in [0.3, 0.4) is 0 Å². The van der Waals surface area contributed by atoms with Crippen molar-refractivity contribution in [2.75, 3.05) is 20.1 Å². The third kappa shape index (κ3) is 3.11. The number of hydrogen-bond acceptors (Lipinski definition) is 4. The highest BCUT2D eigenvalue weighted by molar-refractivity contribution is 5.87. The molecule has 2 atom stereocenters. The summed E-state index contributed by atoms with van der Waals surface area (Å²) in [5, 5.41) is 12.2. The van der Waals surface area contributed by atoms with Crippen molar-refractivity contribution in [3.63, 3.8) is 0 Å². The maximum absolute atomic E-state index is 10.7. The number of piperidine rings is 1. The second kappa shape index (κ2) is 5.54. The molecule has 2 rings (SSSR count). The van der Waals surface area contributed by atoms with E-state index in [2.05, 4.69) is 24.2 Å². The van der Waals surface area contributed by atoms with Gasteiger partial charge in [-0.2, -0.15) is 0 Å². The Kier molecular flexibility index (Phi) is 4.04. The van der Waals surface area contributed by atoms with Crippen LogP contribution in [0.15, 0.2) is 16.7 Å². The first kappa shape index (κ1) is 13.1. The Morgan fingerprint density at radius 2 is 2.44 bits per heavy atom. The number of rotatable bonds is 4. The lowest BCUT2D eigenvalue weighted by molar-refractivity contribution is 0.0696. The number of likely N-dealkylation sites (tertiary alicyclic amines) is 1. The Balaban J connectivity index is 1.85. The van der Waals surface area contributed by atoms with Crippen LogP contribution in [0.5, 0.6) is 0 Å². The average molecular weight is 252 g/mol. The van der Waals surface area contributed by atoms with Crippen molar-refractivity contribution in [3.05, 3.63) is 23.7 Å². The molecule has 0 saturated carbocycles. The van der Waals surface area contributed by atoms with Gasteiger partial charge < -0.3 is 19.7 Å². The number of nitrogens with one attached hydrogen (secondary N) is 1. The summed E-state index contributed by atoms with van der Waals surface area (Å²) in [5.41, 5.74) is 0.211. The number of carboxylic acid groups (broad SMARTS) is 1. The number of hydrogen-bond donors (Lipinski definition) is 2. The Labute approximate surface area is 107 Å². The SMILES string of the molecule is CC1CN(C)CCC1NCc1cc(C(=O)O)co1. The number of nitrogens with zero attached hydrogens (tertiary/aromatic N) is 1. The van der Waals surface area contributed by atoms with Crippen molar-refractivity contribution in [3.8, 4) is 0 Å². The van der Waals surface area contributed by atoms with Gasteiger partial charge in [-0.3, -0.25) is 0 Å². The van der Waals surface area contributed by atoms with Crippen LogP contribution in [-0.2, 0) is 6.54 Å². The largest absolute Gasteiger partial charge is 0.478 e. The number of furan rings is 1. The molecule has 1 saturated heterocycles. The van der Waals surface area contributed by atoms with Crippen LogP contribution in [0.1, 0.15) is 29.5 Å². The van der Waals surface area contributed by atoms with Crippen LogP contribution in [0.4, 0.5) is 0 Å². The smallest absolute Gasteiger partial charge is 0.338 e. The van der Waals surface area contributed by atoms with Crippen molar-refractivity contribution in [1.29, 1.82) is 0 Å². The lowest BCUT2D eigenvalue weighted by Crippen LogP contribution is -2.46. The predicted molar refractivity (Wildman–Crippen MR) is 67.6 cm³/mol. The van der Waals surface area contributed by atoms with E-state index in [0.717, 1.165) is 19.5 Å². The summed E-state index contributed by atoms with van der Waals surface area (Å²) in [6, 6.07) is 2.05. The van der Waals surface area contributed by atoms with Crippen molar-refractivity contribution in [2.45, 2.75) is 25.9 Å². The van der Waals surface area contributed by atoms with E-state index in [-0.39, 0.29) is 5.56 Å². The first-order valence-electron chi connectivity index (χ1n) is 6.29. The lowest BCUT2D eigenvalue weighted by atomic mass is 9.94. The van der Waals surface area contributed by atoms with E-state index in [1.54, 1.807) is 6.07 Å². The molecule has 2 heterocycles. The van der Waals surface area contributed by atoms with Crippen LogP contribution in [-0.4, -0.2) is 42.2 Å². The summed E-state index contributed by atoms with van der Waals surface area (Å²) in [7, 11) is 2.14. The van der Waals surface area contributed by atoms with Crippen LogP contribution >= 0.6 is 0 Å². The van der Waals surface area contributed by atoms with Gasteiger partial charge in [-0.15, -0.1) is 0 Å². The maximum atomic E-state index is 10.7.